The van der Waals surface area contributed by atoms with Crippen molar-refractivity contribution >= 4 is 44.7 Å². The van der Waals surface area contributed by atoms with Gasteiger partial charge in [-0.25, -0.2) is 13.1 Å². The fraction of sp³-hybridized carbons (Fsp3) is 0.190. The van der Waals surface area contributed by atoms with Crippen molar-refractivity contribution in [2.45, 2.75) is 35.4 Å². The van der Waals surface area contributed by atoms with Gasteiger partial charge in [0.25, 0.3) is 5.91 Å². The van der Waals surface area contributed by atoms with Crippen molar-refractivity contribution in [3.63, 3.8) is 0 Å². The summed E-state index contributed by atoms with van der Waals surface area (Å²) in [6.07, 6.45) is 0. The second kappa shape index (κ2) is 9.58. The van der Waals surface area contributed by atoms with Gasteiger partial charge in [-0.1, -0.05) is 18.2 Å². The van der Waals surface area contributed by atoms with E-state index in [2.05, 4.69) is 16.1 Å². The molecule has 5 nitrogen and oxygen atoms in total. The molecule has 0 fully saturated rings. The van der Waals surface area contributed by atoms with Crippen LogP contribution in [-0.2, 0) is 15.8 Å². The molecule has 0 saturated heterocycles. The molecule has 3 rings (SSSR count). The van der Waals surface area contributed by atoms with Gasteiger partial charge in [0, 0.05) is 27.3 Å². The first-order valence-electron chi connectivity index (χ1n) is 9.03. The van der Waals surface area contributed by atoms with Crippen LogP contribution >= 0.6 is 23.1 Å². The van der Waals surface area contributed by atoms with Gasteiger partial charge in [-0.3, -0.25) is 4.79 Å². The van der Waals surface area contributed by atoms with Crippen LogP contribution in [0.2, 0.25) is 0 Å². The average molecular weight is 447 g/mol. The number of carbonyl (C=O) groups excluding carboxylic acids is 1. The van der Waals surface area contributed by atoms with E-state index in [0.29, 0.717) is 11.3 Å². The molecule has 8 heteroatoms. The highest BCUT2D eigenvalue weighted by atomic mass is 32.2. The summed E-state index contributed by atoms with van der Waals surface area (Å²) in [7, 11) is -3.56. The summed E-state index contributed by atoms with van der Waals surface area (Å²) in [5.41, 5.74) is 1.13. The molecule has 2 N–H and O–H groups in total. The number of amides is 1. The van der Waals surface area contributed by atoms with E-state index in [1.807, 2.05) is 29.6 Å². The SMILES string of the molecule is CC(C)NS(=O)(=O)c1ccc(NC(=O)c2ccccc2SCc2cccs2)cc1. The molecule has 1 aromatic heterocycles. The topological polar surface area (TPSA) is 75.3 Å². The first-order chi connectivity index (χ1) is 13.8. The second-order valence-electron chi connectivity index (χ2n) is 6.62. The maximum absolute atomic E-state index is 12.8. The Kier molecular flexibility index (Phi) is 7.13. The van der Waals surface area contributed by atoms with Crippen molar-refractivity contribution < 1.29 is 13.2 Å². The molecule has 0 bridgehead atoms. The van der Waals surface area contributed by atoms with Crippen molar-refractivity contribution in [3.8, 4) is 0 Å². The van der Waals surface area contributed by atoms with Crippen molar-refractivity contribution in [1.29, 1.82) is 0 Å². The van der Waals surface area contributed by atoms with E-state index in [0.717, 1.165) is 10.6 Å². The average Bonchev–Trinajstić information content (AvgIpc) is 3.19. The Morgan fingerprint density at radius 3 is 2.41 bits per heavy atom. The van der Waals surface area contributed by atoms with Crippen molar-refractivity contribution in [1.82, 2.24) is 4.72 Å². The van der Waals surface area contributed by atoms with Gasteiger partial charge in [-0.05, 0) is 61.7 Å². The first kappa shape index (κ1) is 21.6. The Labute approximate surface area is 179 Å². The standard InChI is InChI=1S/C21H22N2O3S3/c1-15(2)23-29(25,26)18-11-9-16(10-12-18)22-21(24)19-7-3-4-8-20(19)28-14-17-6-5-13-27-17/h3-13,15,23H,14H2,1-2H3,(H,22,24). The van der Waals surface area contributed by atoms with Gasteiger partial charge in [-0.2, -0.15) is 0 Å². The summed E-state index contributed by atoms with van der Waals surface area (Å²) < 4.78 is 27.0. The Morgan fingerprint density at radius 2 is 1.76 bits per heavy atom. The van der Waals surface area contributed by atoms with E-state index in [4.69, 9.17) is 0 Å². The van der Waals surface area contributed by atoms with E-state index in [-0.39, 0.29) is 16.8 Å². The van der Waals surface area contributed by atoms with Crippen molar-refractivity contribution in [2.24, 2.45) is 0 Å². The number of hydrogen-bond donors (Lipinski definition) is 2. The van der Waals surface area contributed by atoms with E-state index in [9.17, 15) is 13.2 Å². The smallest absolute Gasteiger partial charge is 0.256 e. The normalized spacial score (nSPS) is 11.6. The molecule has 0 aliphatic rings. The van der Waals surface area contributed by atoms with Gasteiger partial charge < -0.3 is 5.32 Å². The van der Waals surface area contributed by atoms with Crippen LogP contribution in [0.3, 0.4) is 0 Å². The van der Waals surface area contributed by atoms with Gasteiger partial charge in [0.1, 0.15) is 0 Å². The van der Waals surface area contributed by atoms with Gasteiger partial charge in [-0.15, -0.1) is 23.1 Å². The molecular weight excluding hydrogens is 424 g/mol. The summed E-state index contributed by atoms with van der Waals surface area (Å²) in [5, 5.41) is 4.88. The quantitative estimate of drug-likeness (QED) is 0.479. The number of nitrogens with one attached hydrogen (secondary N) is 2. The molecular formula is C21H22N2O3S3. The number of benzene rings is 2. The van der Waals surface area contributed by atoms with Crippen LogP contribution in [0.4, 0.5) is 5.69 Å². The van der Waals surface area contributed by atoms with Gasteiger partial charge in [0.2, 0.25) is 10.0 Å². The summed E-state index contributed by atoms with van der Waals surface area (Å²) in [5.74, 6) is 0.576. The second-order valence-corrected chi connectivity index (χ2v) is 10.4. The highest BCUT2D eigenvalue weighted by molar-refractivity contribution is 7.98. The molecule has 3 aromatic rings. The molecule has 1 amide bonds. The van der Waals surface area contributed by atoms with Crippen LogP contribution in [0, 0.1) is 0 Å². The van der Waals surface area contributed by atoms with Crippen LogP contribution in [0.25, 0.3) is 0 Å². The fourth-order valence-corrected chi connectivity index (χ4v) is 5.69. The zero-order chi connectivity index (χ0) is 20.9. The Balaban J connectivity index is 1.70. The summed E-state index contributed by atoms with van der Waals surface area (Å²) >= 11 is 3.31. The number of hydrogen-bond acceptors (Lipinski definition) is 5. The van der Waals surface area contributed by atoms with Crippen LogP contribution in [0.1, 0.15) is 29.1 Å². The molecule has 0 aliphatic heterocycles. The van der Waals surface area contributed by atoms with E-state index in [1.165, 1.54) is 17.0 Å². The van der Waals surface area contributed by atoms with Crippen molar-refractivity contribution in [3.05, 3.63) is 76.5 Å². The molecule has 0 saturated carbocycles. The van der Waals surface area contributed by atoms with E-state index < -0.39 is 10.0 Å². The number of sulfonamides is 1. The molecule has 0 unspecified atom stereocenters. The predicted octanol–water partition coefficient (Wildman–Crippen LogP) is 4.98. The number of anilines is 1. The van der Waals surface area contributed by atoms with Gasteiger partial charge in [0.05, 0.1) is 10.5 Å². The molecule has 2 aromatic carbocycles. The molecule has 0 radical (unpaired) electrons. The molecule has 0 aliphatic carbocycles. The van der Waals surface area contributed by atoms with Gasteiger partial charge >= 0.3 is 0 Å². The predicted molar refractivity (Wildman–Crippen MR) is 120 cm³/mol. The third-order valence-corrected chi connectivity index (χ3v) is 7.75. The Morgan fingerprint density at radius 1 is 1.03 bits per heavy atom. The van der Waals surface area contributed by atoms with E-state index in [1.54, 1.807) is 55.1 Å². The summed E-state index contributed by atoms with van der Waals surface area (Å²) in [6, 6.07) is 17.5. The van der Waals surface area contributed by atoms with Crippen LogP contribution in [-0.4, -0.2) is 20.4 Å². The number of thiophene rings is 1. The van der Waals surface area contributed by atoms with Gasteiger partial charge in [0.15, 0.2) is 0 Å². The largest absolute Gasteiger partial charge is 0.322 e. The highest BCUT2D eigenvalue weighted by Crippen LogP contribution is 2.28. The number of carbonyl (C=O) groups is 1. The third kappa shape index (κ3) is 5.93. The lowest BCUT2D eigenvalue weighted by molar-refractivity contribution is 0.102. The third-order valence-electron chi connectivity index (χ3n) is 3.90. The fourth-order valence-electron chi connectivity index (χ4n) is 2.62. The minimum Gasteiger partial charge on any atom is -0.322 e. The zero-order valence-electron chi connectivity index (χ0n) is 16.1. The molecule has 0 spiro atoms. The highest BCUT2D eigenvalue weighted by Gasteiger charge is 2.16. The van der Waals surface area contributed by atoms with Crippen LogP contribution in [0.15, 0.2) is 75.8 Å². The lowest BCUT2D eigenvalue weighted by Crippen LogP contribution is -2.30. The molecule has 152 valence electrons. The molecule has 1 heterocycles. The van der Waals surface area contributed by atoms with Crippen LogP contribution < -0.4 is 10.0 Å². The van der Waals surface area contributed by atoms with E-state index >= 15 is 0 Å². The maximum atomic E-state index is 12.8. The number of thioether (sulfide) groups is 1. The summed E-state index contributed by atoms with van der Waals surface area (Å²) in [6.45, 7) is 3.53. The Hall–Kier alpha value is -2.13. The molecule has 29 heavy (non-hydrogen) atoms. The minimum atomic E-state index is -3.56. The maximum Gasteiger partial charge on any atom is 0.256 e. The lowest BCUT2D eigenvalue weighted by Gasteiger charge is -2.12. The minimum absolute atomic E-state index is 0.163. The number of rotatable bonds is 8. The first-order valence-corrected chi connectivity index (χ1v) is 12.4. The summed E-state index contributed by atoms with van der Waals surface area (Å²) in [4.78, 5) is 15.1. The lowest BCUT2D eigenvalue weighted by atomic mass is 10.2. The zero-order valence-corrected chi connectivity index (χ0v) is 18.5. The Bertz CT molecular complexity index is 1060. The monoisotopic (exact) mass is 446 g/mol. The van der Waals surface area contributed by atoms with Crippen LogP contribution in [0.5, 0.6) is 0 Å². The van der Waals surface area contributed by atoms with Crippen molar-refractivity contribution in [2.75, 3.05) is 5.32 Å². The molecule has 0 atom stereocenters.